The highest BCUT2D eigenvalue weighted by Gasteiger charge is 2.15. The van der Waals surface area contributed by atoms with E-state index >= 15 is 0 Å². The Morgan fingerprint density at radius 3 is 1.88 bits per heavy atom. The third-order valence-corrected chi connectivity index (χ3v) is 4.27. The largest absolute Gasteiger partial charge is 0.491 e. The van der Waals surface area contributed by atoms with Gasteiger partial charge in [-0.15, -0.1) is 0 Å². The van der Waals surface area contributed by atoms with Crippen LogP contribution < -0.4 is 5.48 Å². The van der Waals surface area contributed by atoms with Gasteiger partial charge in [-0.3, -0.25) is 4.79 Å². The van der Waals surface area contributed by atoms with Crippen molar-refractivity contribution in [2.24, 2.45) is 0 Å². The lowest BCUT2D eigenvalue weighted by molar-refractivity contribution is -0.128. The lowest BCUT2D eigenvalue weighted by atomic mass is 10.1. The molecule has 6 nitrogen and oxygen atoms in total. The fraction of sp³-hybridized carbons (Fsp3) is 0.833. The second kappa shape index (κ2) is 16.8. The molecule has 0 aliphatic heterocycles. The van der Waals surface area contributed by atoms with Gasteiger partial charge < -0.3 is 9.79 Å². The average Bonchev–Trinajstić information content (AvgIpc) is 2.56. The summed E-state index contributed by atoms with van der Waals surface area (Å²) in [6.07, 6.45) is 20.2. The highest BCUT2D eigenvalue weighted by Crippen LogP contribution is 2.33. The first kappa shape index (κ1) is 24.3. The molecule has 0 bridgehead atoms. The predicted molar refractivity (Wildman–Crippen MR) is 101 cm³/mol. The molecule has 25 heavy (non-hydrogen) atoms. The molecule has 0 rings (SSSR count). The Morgan fingerprint density at radius 2 is 1.36 bits per heavy atom. The predicted octanol–water partition coefficient (Wildman–Crippen LogP) is 5.16. The molecule has 0 spiro atoms. The first-order valence-corrected chi connectivity index (χ1v) is 11.2. The molecule has 0 fully saturated rings. The van der Waals surface area contributed by atoms with Gasteiger partial charge in [-0.1, -0.05) is 70.4 Å². The first-order chi connectivity index (χ1) is 12.0. The topological polar surface area (TPSA) is 95.9 Å². The summed E-state index contributed by atoms with van der Waals surface area (Å²) in [5.74, 6) is -0.499. The smallest absolute Gasteiger partial charge is 0.301 e. The fourth-order valence-electron chi connectivity index (χ4n) is 2.52. The number of hydrogen-bond acceptors (Lipinski definition) is 3. The quantitative estimate of drug-likeness (QED) is 0.141. The van der Waals surface area contributed by atoms with Gasteiger partial charge >= 0.3 is 7.82 Å². The van der Waals surface area contributed by atoms with Gasteiger partial charge in [0, 0.05) is 6.42 Å². The lowest BCUT2D eigenvalue weighted by Gasteiger charge is -2.05. The Hall–Kier alpha value is -0.680. The maximum Gasteiger partial charge on any atom is 0.491 e. The van der Waals surface area contributed by atoms with Gasteiger partial charge in [0.15, 0.2) is 0 Å². The molecule has 0 atom stereocenters. The van der Waals surface area contributed by atoms with Gasteiger partial charge in [0.2, 0.25) is 5.91 Å². The zero-order valence-electron chi connectivity index (χ0n) is 15.6. The van der Waals surface area contributed by atoms with Crippen molar-refractivity contribution in [3.8, 4) is 0 Å². The highest BCUT2D eigenvalue weighted by atomic mass is 31.2. The second-order valence-corrected chi connectivity index (χ2v) is 7.61. The zero-order valence-corrected chi connectivity index (χ0v) is 16.5. The molecular formula is C18H36NO5P. The Labute approximate surface area is 152 Å². The Kier molecular flexibility index (Phi) is 16.3. The van der Waals surface area contributed by atoms with E-state index in [9.17, 15) is 9.36 Å². The van der Waals surface area contributed by atoms with Crippen LogP contribution in [0.2, 0.25) is 0 Å². The van der Waals surface area contributed by atoms with E-state index in [-0.39, 0.29) is 6.42 Å². The van der Waals surface area contributed by atoms with E-state index in [2.05, 4.69) is 23.7 Å². The Balaban J connectivity index is 3.26. The van der Waals surface area contributed by atoms with E-state index < -0.39 is 13.7 Å². The molecule has 0 unspecified atom stereocenters. The monoisotopic (exact) mass is 377 g/mol. The molecule has 0 heterocycles. The number of hydroxylamine groups is 1. The number of carbonyl (C=O) groups is 1. The zero-order chi connectivity index (χ0) is 18.8. The molecule has 0 saturated carbocycles. The van der Waals surface area contributed by atoms with Gasteiger partial charge in [0.25, 0.3) is 0 Å². The van der Waals surface area contributed by atoms with E-state index in [1.807, 2.05) is 0 Å². The maximum absolute atomic E-state index is 11.2. The summed E-state index contributed by atoms with van der Waals surface area (Å²) < 4.78 is 14.3. The van der Waals surface area contributed by atoms with Crippen LogP contribution in [0.4, 0.5) is 0 Å². The van der Waals surface area contributed by atoms with Crippen molar-refractivity contribution in [3.05, 3.63) is 12.2 Å². The van der Waals surface area contributed by atoms with Gasteiger partial charge in [0.05, 0.1) is 0 Å². The molecule has 3 N–H and O–H groups in total. The summed E-state index contributed by atoms with van der Waals surface area (Å²) in [5, 5.41) is 0. The number of unbranched alkanes of at least 4 members (excludes halogenated alkanes) is 11. The van der Waals surface area contributed by atoms with Crippen molar-refractivity contribution in [3.63, 3.8) is 0 Å². The van der Waals surface area contributed by atoms with Crippen molar-refractivity contribution in [1.29, 1.82) is 0 Å². The van der Waals surface area contributed by atoms with Crippen molar-refractivity contribution in [1.82, 2.24) is 5.48 Å². The van der Waals surface area contributed by atoms with Crippen LogP contribution in [-0.2, 0) is 14.0 Å². The summed E-state index contributed by atoms with van der Waals surface area (Å²) >= 11 is 0. The molecular weight excluding hydrogens is 341 g/mol. The van der Waals surface area contributed by atoms with E-state index in [1.165, 1.54) is 51.4 Å². The van der Waals surface area contributed by atoms with Crippen molar-refractivity contribution in [2.45, 2.75) is 96.8 Å². The van der Waals surface area contributed by atoms with Crippen LogP contribution in [0, 0.1) is 0 Å². The summed E-state index contributed by atoms with van der Waals surface area (Å²) in [7, 11) is -4.63. The number of carbonyl (C=O) groups excluding carboxylic acids is 1. The molecule has 0 aromatic carbocycles. The average molecular weight is 377 g/mol. The number of hydrogen-bond donors (Lipinski definition) is 3. The molecule has 0 aliphatic carbocycles. The minimum Gasteiger partial charge on any atom is -0.301 e. The summed E-state index contributed by atoms with van der Waals surface area (Å²) in [4.78, 5) is 28.1. The number of phosphoric acid groups is 1. The molecule has 0 saturated heterocycles. The molecule has 0 aliphatic rings. The van der Waals surface area contributed by atoms with Crippen molar-refractivity contribution >= 4 is 13.7 Å². The first-order valence-electron chi connectivity index (χ1n) is 9.63. The van der Waals surface area contributed by atoms with Crippen LogP contribution in [0.1, 0.15) is 96.8 Å². The van der Waals surface area contributed by atoms with Crippen LogP contribution in [0.15, 0.2) is 12.2 Å². The Bertz CT molecular complexity index is 395. The van der Waals surface area contributed by atoms with Crippen LogP contribution >= 0.6 is 7.82 Å². The van der Waals surface area contributed by atoms with Gasteiger partial charge in [-0.2, -0.15) is 4.62 Å². The SMILES string of the molecule is CCCCCCCCC=CCCCCCCCC(=O)NOP(=O)(O)O. The summed E-state index contributed by atoms with van der Waals surface area (Å²) in [5.41, 5.74) is 1.76. The fourth-order valence-corrected chi connectivity index (χ4v) is 2.74. The van der Waals surface area contributed by atoms with E-state index in [0.717, 1.165) is 25.7 Å². The highest BCUT2D eigenvalue weighted by molar-refractivity contribution is 7.46. The lowest BCUT2D eigenvalue weighted by Crippen LogP contribution is -2.21. The van der Waals surface area contributed by atoms with Crippen LogP contribution in [0.3, 0.4) is 0 Å². The maximum atomic E-state index is 11.2. The van der Waals surface area contributed by atoms with Crippen molar-refractivity contribution in [2.75, 3.05) is 0 Å². The number of rotatable bonds is 17. The normalized spacial score (nSPS) is 12.0. The molecule has 7 heteroatoms. The number of allylic oxidation sites excluding steroid dienone is 2. The molecule has 1 amide bonds. The van der Waals surface area contributed by atoms with E-state index in [4.69, 9.17) is 9.79 Å². The number of amides is 1. The molecule has 0 radical (unpaired) electrons. The minimum absolute atomic E-state index is 0.220. The van der Waals surface area contributed by atoms with E-state index in [0.29, 0.717) is 6.42 Å². The summed E-state index contributed by atoms with van der Waals surface area (Å²) in [6, 6.07) is 0. The van der Waals surface area contributed by atoms with Crippen molar-refractivity contribution < 1.29 is 23.8 Å². The molecule has 0 aromatic rings. The van der Waals surface area contributed by atoms with Crippen LogP contribution in [0.25, 0.3) is 0 Å². The molecule has 148 valence electrons. The Morgan fingerprint density at radius 1 is 0.880 bits per heavy atom. The third-order valence-electron chi connectivity index (χ3n) is 3.94. The minimum atomic E-state index is -4.63. The van der Waals surface area contributed by atoms with Crippen LogP contribution in [0.5, 0.6) is 0 Å². The molecule has 0 aromatic heterocycles. The van der Waals surface area contributed by atoms with Crippen LogP contribution in [-0.4, -0.2) is 15.7 Å². The standard InChI is InChI=1S/C18H36NO5P/c1-2-3-4-5-6-7-8-9-10-11-12-13-14-15-16-17-18(20)19-24-25(21,22)23/h9-10H,2-8,11-17H2,1H3,(H,19,20)(H2,21,22,23). The third kappa shape index (κ3) is 21.3. The second-order valence-electron chi connectivity index (χ2n) is 6.44. The van der Waals surface area contributed by atoms with E-state index in [1.54, 1.807) is 5.48 Å². The number of nitrogens with one attached hydrogen (secondary N) is 1. The summed E-state index contributed by atoms with van der Waals surface area (Å²) in [6.45, 7) is 2.24. The van der Waals surface area contributed by atoms with Gasteiger partial charge in [-0.25, -0.2) is 10.0 Å². The van der Waals surface area contributed by atoms with Gasteiger partial charge in [-0.05, 0) is 32.1 Å². The van der Waals surface area contributed by atoms with Gasteiger partial charge in [0.1, 0.15) is 0 Å².